The Bertz CT molecular complexity index is 527. The predicted octanol–water partition coefficient (Wildman–Crippen LogP) is 1.26. The highest BCUT2D eigenvalue weighted by molar-refractivity contribution is 7.92. The van der Waals surface area contributed by atoms with Gasteiger partial charge in [0.15, 0.2) is 9.84 Å². The molecule has 1 amide bonds. The van der Waals surface area contributed by atoms with Gasteiger partial charge >= 0.3 is 0 Å². The van der Waals surface area contributed by atoms with E-state index in [2.05, 4.69) is 5.32 Å². The fourth-order valence-corrected chi connectivity index (χ4v) is 2.80. The van der Waals surface area contributed by atoms with Crippen LogP contribution in [0.5, 0.6) is 0 Å². The Morgan fingerprint density at radius 1 is 1.37 bits per heavy atom. The molecule has 0 heterocycles. The average Bonchev–Trinajstić information content (AvgIpc) is 2.38. The summed E-state index contributed by atoms with van der Waals surface area (Å²) >= 11 is 5.70. The molecule has 1 atom stereocenters. The molecule has 1 N–H and O–H groups in total. The largest absolute Gasteiger partial charge is 0.383 e. The average molecular weight is 306 g/mol. The molecule has 19 heavy (non-hydrogen) atoms. The number of rotatable bonds is 6. The molecule has 0 spiro atoms. The molecule has 7 heteroatoms. The highest BCUT2D eigenvalue weighted by Gasteiger charge is 2.29. The van der Waals surface area contributed by atoms with Gasteiger partial charge in [0.2, 0.25) is 5.91 Å². The Hall–Kier alpha value is -1.11. The van der Waals surface area contributed by atoms with Crippen molar-refractivity contribution in [3.05, 3.63) is 29.3 Å². The number of nitrogens with one attached hydrogen (secondary N) is 1. The second kappa shape index (κ2) is 6.88. The molecule has 0 aliphatic carbocycles. The maximum atomic E-state index is 12.2. The van der Waals surface area contributed by atoms with Crippen molar-refractivity contribution in [2.45, 2.75) is 17.1 Å². The summed E-state index contributed by atoms with van der Waals surface area (Å²) < 4.78 is 29.1. The summed E-state index contributed by atoms with van der Waals surface area (Å²) in [5.74, 6) is -0.549. The number of halogens is 1. The van der Waals surface area contributed by atoms with Gasteiger partial charge in [-0.3, -0.25) is 4.79 Å². The van der Waals surface area contributed by atoms with Crippen LogP contribution in [-0.4, -0.2) is 39.8 Å². The van der Waals surface area contributed by atoms with E-state index < -0.39 is 21.0 Å². The van der Waals surface area contributed by atoms with Crippen molar-refractivity contribution >= 4 is 27.3 Å². The van der Waals surface area contributed by atoms with E-state index in [1.54, 1.807) is 0 Å². The smallest absolute Gasteiger partial charge is 0.238 e. The summed E-state index contributed by atoms with van der Waals surface area (Å²) in [5, 5.41) is 1.78. The third-order valence-electron chi connectivity index (χ3n) is 2.58. The number of benzene rings is 1. The number of methoxy groups -OCH3 is 1. The molecule has 0 fully saturated rings. The molecule has 0 aromatic heterocycles. The minimum Gasteiger partial charge on any atom is -0.383 e. The van der Waals surface area contributed by atoms with Crippen molar-refractivity contribution in [2.75, 3.05) is 20.3 Å². The first kappa shape index (κ1) is 15.9. The van der Waals surface area contributed by atoms with Gasteiger partial charge in [0.25, 0.3) is 0 Å². The van der Waals surface area contributed by atoms with E-state index in [9.17, 15) is 13.2 Å². The number of carbonyl (C=O) groups is 1. The van der Waals surface area contributed by atoms with E-state index >= 15 is 0 Å². The van der Waals surface area contributed by atoms with Crippen LogP contribution in [0.2, 0.25) is 5.02 Å². The van der Waals surface area contributed by atoms with Gasteiger partial charge in [0.05, 0.1) is 11.5 Å². The van der Waals surface area contributed by atoms with E-state index in [1.807, 2.05) is 0 Å². The highest BCUT2D eigenvalue weighted by atomic mass is 35.5. The van der Waals surface area contributed by atoms with Crippen LogP contribution >= 0.6 is 11.6 Å². The summed E-state index contributed by atoms with van der Waals surface area (Å²) in [5.41, 5.74) is 0. The van der Waals surface area contributed by atoms with E-state index in [4.69, 9.17) is 16.3 Å². The summed E-state index contributed by atoms with van der Waals surface area (Å²) in [7, 11) is -2.20. The van der Waals surface area contributed by atoms with Crippen molar-refractivity contribution in [2.24, 2.45) is 0 Å². The van der Waals surface area contributed by atoms with Crippen LogP contribution in [-0.2, 0) is 19.4 Å². The third-order valence-corrected chi connectivity index (χ3v) is 4.91. The fourth-order valence-electron chi connectivity index (χ4n) is 1.39. The molecule has 106 valence electrons. The molecule has 1 rings (SSSR count). The molecular weight excluding hydrogens is 290 g/mol. The Balaban J connectivity index is 2.82. The van der Waals surface area contributed by atoms with Gasteiger partial charge in [0.1, 0.15) is 5.25 Å². The number of carbonyl (C=O) groups excluding carboxylic acids is 1. The van der Waals surface area contributed by atoms with Crippen molar-refractivity contribution in [1.29, 1.82) is 0 Å². The standard InChI is InChI=1S/C12H16ClNO4S/c1-9(12(15)14-7-8-18-2)19(16,17)11-5-3-10(13)4-6-11/h3-6,9H,7-8H2,1-2H3,(H,14,15)/t9-/m1/s1. The van der Waals surface area contributed by atoms with Crippen LogP contribution in [0.4, 0.5) is 0 Å². The summed E-state index contributed by atoms with van der Waals surface area (Å²) in [6, 6.07) is 5.72. The molecule has 0 saturated carbocycles. The molecule has 1 aromatic rings. The number of hydrogen-bond acceptors (Lipinski definition) is 4. The first-order valence-electron chi connectivity index (χ1n) is 5.65. The third kappa shape index (κ3) is 4.19. The zero-order valence-corrected chi connectivity index (χ0v) is 12.3. The number of ether oxygens (including phenoxy) is 1. The van der Waals surface area contributed by atoms with Gasteiger partial charge in [-0.1, -0.05) is 11.6 Å². The number of amides is 1. The van der Waals surface area contributed by atoms with Crippen LogP contribution in [0.3, 0.4) is 0 Å². The van der Waals surface area contributed by atoms with E-state index in [-0.39, 0.29) is 11.4 Å². The maximum absolute atomic E-state index is 12.2. The van der Waals surface area contributed by atoms with E-state index in [0.717, 1.165) is 0 Å². The maximum Gasteiger partial charge on any atom is 0.238 e. The van der Waals surface area contributed by atoms with Crippen molar-refractivity contribution in [1.82, 2.24) is 5.32 Å². The lowest BCUT2D eigenvalue weighted by atomic mass is 10.4. The summed E-state index contributed by atoms with van der Waals surface area (Å²) in [6.07, 6.45) is 0. The molecule has 0 radical (unpaired) electrons. The monoisotopic (exact) mass is 305 g/mol. The SMILES string of the molecule is COCCNC(=O)[C@@H](C)S(=O)(=O)c1ccc(Cl)cc1. The molecule has 0 unspecified atom stereocenters. The lowest BCUT2D eigenvalue weighted by Gasteiger charge is -2.13. The second-order valence-electron chi connectivity index (χ2n) is 3.92. The Morgan fingerprint density at radius 3 is 2.47 bits per heavy atom. The second-order valence-corrected chi connectivity index (χ2v) is 6.63. The zero-order valence-electron chi connectivity index (χ0n) is 10.7. The summed E-state index contributed by atoms with van der Waals surface area (Å²) in [4.78, 5) is 11.8. The number of hydrogen-bond donors (Lipinski definition) is 1. The van der Waals surface area contributed by atoms with Crippen molar-refractivity contribution in [3.8, 4) is 0 Å². The van der Waals surface area contributed by atoms with Gasteiger partial charge in [0, 0.05) is 18.7 Å². The van der Waals surface area contributed by atoms with Gasteiger partial charge in [-0.05, 0) is 31.2 Å². The van der Waals surface area contributed by atoms with Crippen LogP contribution in [0.1, 0.15) is 6.92 Å². The fraction of sp³-hybridized carbons (Fsp3) is 0.417. The minimum atomic E-state index is -3.70. The highest BCUT2D eigenvalue weighted by Crippen LogP contribution is 2.18. The lowest BCUT2D eigenvalue weighted by Crippen LogP contribution is -2.39. The van der Waals surface area contributed by atoms with Crippen LogP contribution in [0.15, 0.2) is 29.2 Å². The molecule has 0 bridgehead atoms. The lowest BCUT2D eigenvalue weighted by molar-refractivity contribution is -0.120. The molecule has 1 aromatic carbocycles. The number of sulfone groups is 1. The van der Waals surface area contributed by atoms with Gasteiger partial charge in [-0.2, -0.15) is 0 Å². The van der Waals surface area contributed by atoms with E-state index in [0.29, 0.717) is 11.6 Å². The Kier molecular flexibility index (Phi) is 5.78. The summed E-state index contributed by atoms with van der Waals surface area (Å²) in [6.45, 7) is 1.96. The van der Waals surface area contributed by atoms with Crippen molar-refractivity contribution in [3.63, 3.8) is 0 Å². The van der Waals surface area contributed by atoms with Crippen LogP contribution in [0.25, 0.3) is 0 Å². The van der Waals surface area contributed by atoms with Crippen LogP contribution in [0, 0.1) is 0 Å². The topological polar surface area (TPSA) is 72.5 Å². The molecule has 0 aliphatic heterocycles. The van der Waals surface area contributed by atoms with Crippen LogP contribution < -0.4 is 5.32 Å². The quantitative estimate of drug-likeness (QED) is 0.803. The van der Waals surface area contributed by atoms with Gasteiger partial charge in [-0.15, -0.1) is 0 Å². The first-order valence-corrected chi connectivity index (χ1v) is 7.58. The first-order chi connectivity index (χ1) is 8.89. The Morgan fingerprint density at radius 2 is 1.95 bits per heavy atom. The van der Waals surface area contributed by atoms with Gasteiger partial charge < -0.3 is 10.1 Å². The van der Waals surface area contributed by atoms with Gasteiger partial charge in [-0.25, -0.2) is 8.42 Å². The predicted molar refractivity (Wildman–Crippen MR) is 73.0 cm³/mol. The molecule has 0 aliphatic rings. The molecular formula is C12H16ClNO4S. The molecule has 0 saturated heterocycles. The zero-order chi connectivity index (χ0) is 14.5. The minimum absolute atomic E-state index is 0.0753. The van der Waals surface area contributed by atoms with Crippen molar-refractivity contribution < 1.29 is 17.9 Å². The molecule has 5 nitrogen and oxygen atoms in total. The van der Waals surface area contributed by atoms with E-state index in [1.165, 1.54) is 38.3 Å². The Labute approximate surface area is 117 Å². The normalized spacial score (nSPS) is 13.0.